The number of hydrogen-bond donors (Lipinski definition) is 1. The zero-order chi connectivity index (χ0) is 19.1. The van der Waals surface area contributed by atoms with Crippen LogP contribution in [0.2, 0.25) is 0 Å². The van der Waals surface area contributed by atoms with E-state index in [9.17, 15) is 9.90 Å². The highest BCUT2D eigenvalue weighted by Crippen LogP contribution is 2.27. The summed E-state index contributed by atoms with van der Waals surface area (Å²) in [7, 11) is 0. The number of esters is 1. The average Bonchev–Trinajstić information content (AvgIpc) is 3.15. The fraction of sp³-hybridized carbons (Fsp3) is 0.348. The van der Waals surface area contributed by atoms with E-state index in [2.05, 4.69) is 23.0 Å². The van der Waals surface area contributed by atoms with Crippen LogP contribution in [0.15, 0.2) is 60.7 Å². The minimum Gasteiger partial charge on any atom is -0.463 e. The van der Waals surface area contributed by atoms with Gasteiger partial charge in [-0.15, -0.1) is 12.3 Å². The minimum absolute atomic E-state index is 0.110. The average molecular weight is 363 g/mol. The molecule has 1 aliphatic rings. The van der Waals surface area contributed by atoms with E-state index in [1.165, 1.54) is 5.56 Å². The van der Waals surface area contributed by atoms with Crippen molar-refractivity contribution in [2.24, 2.45) is 5.92 Å². The maximum absolute atomic E-state index is 12.6. The van der Waals surface area contributed by atoms with Crippen molar-refractivity contribution in [1.82, 2.24) is 4.90 Å². The predicted octanol–water partition coefficient (Wildman–Crippen LogP) is 2.96. The van der Waals surface area contributed by atoms with Crippen LogP contribution >= 0.6 is 0 Å². The molecule has 0 spiro atoms. The van der Waals surface area contributed by atoms with E-state index in [0.29, 0.717) is 12.2 Å². The van der Waals surface area contributed by atoms with Gasteiger partial charge in [0.25, 0.3) is 0 Å². The van der Waals surface area contributed by atoms with Gasteiger partial charge in [0.05, 0.1) is 13.0 Å². The molecule has 27 heavy (non-hydrogen) atoms. The number of carbonyl (C=O) groups is 1. The number of nitrogens with zero attached hydrogens (tertiary/aromatic N) is 1. The maximum atomic E-state index is 12.6. The Hall–Kier alpha value is -2.61. The van der Waals surface area contributed by atoms with Gasteiger partial charge in [0, 0.05) is 19.0 Å². The number of benzene rings is 2. The summed E-state index contributed by atoms with van der Waals surface area (Å²) in [5.41, 5.74) is -0.0501. The summed E-state index contributed by atoms with van der Waals surface area (Å²) >= 11 is 0. The normalized spacial score (nSPS) is 19.2. The smallest absolute Gasteiger partial charge is 0.343 e. The number of terminal acetylenes is 1. The monoisotopic (exact) mass is 363 g/mol. The highest BCUT2D eigenvalue weighted by molar-refractivity contribution is 5.81. The first-order chi connectivity index (χ1) is 13.1. The molecule has 4 nitrogen and oxygen atoms in total. The fourth-order valence-electron chi connectivity index (χ4n) is 3.50. The maximum Gasteiger partial charge on any atom is 0.343 e. The van der Waals surface area contributed by atoms with Crippen LogP contribution in [0.4, 0.5) is 0 Å². The first-order valence-corrected chi connectivity index (χ1v) is 9.26. The molecule has 0 aromatic heterocycles. The van der Waals surface area contributed by atoms with Crippen LogP contribution < -0.4 is 0 Å². The minimum atomic E-state index is -1.79. The predicted molar refractivity (Wildman–Crippen MR) is 105 cm³/mol. The summed E-state index contributed by atoms with van der Waals surface area (Å²) < 4.78 is 5.49. The van der Waals surface area contributed by atoms with E-state index in [1.54, 1.807) is 24.3 Å². The second-order valence-electron chi connectivity index (χ2n) is 7.08. The van der Waals surface area contributed by atoms with Gasteiger partial charge in [0.15, 0.2) is 5.60 Å². The number of rotatable bonds is 7. The summed E-state index contributed by atoms with van der Waals surface area (Å²) in [5, 5.41) is 10.8. The van der Waals surface area contributed by atoms with Crippen molar-refractivity contribution in [2.45, 2.75) is 25.0 Å². The molecule has 0 bridgehead atoms. The van der Waals surface area contributed by atoms with Gasteiger partial charge in [-0.2, -0.15) is 0 Å². The van der Waals surface area contributed by atoms with Crippen LogP contribution in [0.3, 0.4) is 0 Å². The first-order valence-electron chi connectivity index (χ1n) is 9.26. The molecule has 0 radical (unpaired) electrons. The van der Waals surface area contributed by atoms with Crippen LogP contribution in [-0.4, -0.2) is 35.7 Å². The third-order valence-electron chi connectivity index (χ3n) is 5.02. The van der Waals surface area contributed by atoms with Gasteiger partial charge in [-0.1, -0.05) is 60.7 Å². The Balaban J connectivity index is 1.55. The number of hydrogen-bond acceptors (Lipinski definition) is 4. The Kier molecular flexibility index (Phi) is 6.28. The molecule has 1 aliphatic heterocycles. The molecule has 140 valence electrons. The molecular formula is C23H25NO3. The third-order valence-corrected chi connectivity index (χ3v) is 5.02. The molecule has 2 atom stereocenters. The lowest BCUT2D eigenvalue weighted by Gasteiger charge is -2.25. The quantitative estimate of drug-likeness (QED) is 0.607. The highest BCUT2D eigenvalue weighted by atomic mass is 16.5. The SMILES string of the molecule is C#CCC(O)(C(=O)OCC1CCN(Cc2ccccc2)C1)c1ccccc1. The third kappa shape index (κ3) is 4.77. The van der Waals surface area contributed by atoms with Gasteiger partial charge in [-0.05, 0) is 24.1 Å². The van der Waals surface area contributed by atoms with Gasteiger partial charge in [-0.25, -0.2) is 4.79 Å². The van der Waals surface area contributed by atoms with Crippen LogP contribution in [-0.2, 0) is 21.7 Å². The lowest BCUT2D eigenvalue weighted by atomic mass is 9.91. The zero-order valence-electron chi connectivity index (χ0n) is 15.4. The molecule has 1 heterocycles. The van der Waals surface area contributed by atoms with E-state index in [1.807, 2.05) is 24.3 Å². The van der Waals surface area contributed by atoms with Crippen LogP contribution in [0.25, 0.3) is 0 Å². The highest BCUT2D eigenvalue weighted by Gasteiger charge is 2.39. The fourth-order valence-corrected chi connectivity index (χ4v) is 3.50. The van der Waals surface area contributed by atoms with Crippen LogP contribution in [0.1, 0.15) is 24.0 Å². The molecule has 0 amide bonds. The van der Waals surface area contributed by atoms with E-state index in [-0.39, 0.29) is 12.3 Å². The van der Waals surface area contributed by atoms with E-state index in [4.69, 9.17) is 11.2 Å². The summed E-state index contributed by atoms with van der Waals surface area (Å²) in [5.74, 6) is 1.99. The van der Waals surface area contributed by atoms with Crippen molar-refractivity contribution < 1.29 is 14.6 Å². The van der Waals surface area contributed by atoms with E-state index in [0.717, 1.165) is 26.1 Å². The van der Waals surface area contributed by atoms with Crippen molar-refractivity contribution in [3.63, 3.8) is 0 Å². The molecule has 1 saturated heterocycles. The molecule has 2 unspecified atom stereocenters. The lowest BCUT2D eigenvalue weighted by molar-refractivity contribution is -0.167. The molecule has 1 N–H and O–H groups in total. The molecule has 4 heteroatoms. The first kappa shape index (κ1) is 19.2. The Morgan fingerprint density at radius 3 is 2.52 bits per heavy atom. The summed E-state index contributed by atoms with van der Waals surface area (Å²) in [6, 6.07) is 19.1. The topological polar surface area (TPSA) is 49.8 Å². The number of aliphatic hydroxyl groups is 1. The Bertz CT molecular complexity index is 784. The van der Waals surface area contributed by atoms with Gasteiger partial charge < -0.3 is 9.84 Å². The summed E-state index contributed by atoms with van der Waals surface area (Å²) in [6.07, 6.45) is 6.24. The van der Waals surface area contributed by atoms with E-state index < -0.39 is 11.6 Å². The summed E-state index contributed by atoms with van der Waals surface area (Å²) in [6.45, 7) is 3.05. The second-order valence-corrected chi connectivity index (χ2v) is 7.08. The molecule has 2 aromatic carbocycles. The van der Waals surface area contributed by atoms with Crippen molar-refractivity contribution in [1.29, 1.82) is 0 Å². The number of carbonyl (C=O) groups excluding carboxylic acids is 1. The van der Waals surface area contributed by atoms with Gasteiger partial charge >= 0.3 is 5.97 Å². The largest absolute Gasteiger partial charge is 0.463 e. The molecule has 3 rings (SSSR count). The van der Waals surface area contributed by atoms with Gasteiger partial charge in [0.2, 0.25) is 0 Å². The standard InChI is InChI=1S/C23H25NO3/c1-2-14-23(26,21-11-7-4-8-12-21)22(25)27-18-20-13-15-24(17-20)16-19-9-5-3-6-10-19/h1,3-12,20,26H,13-18H2. The molecule has 1 fully saturated rings. The van der Waals surface area contributed by atoms with Crippen molar-refractivity contribution in [3.05, 3.63) is 71.8 Å². The van der Waals surface area contributed by atoms with Crippen molar-refractivity contribution in [3.8, 4) is 12.3 Å². The van der Waals surface area contributed by atoms with E-state index >= 15 is 0 Å². The number of ether oxygens (including phenoxy) is 1. The van der Waals surface area contributed by atoms with Gasteiger partial charge in [-0.3, -0.25) is 4.90 Å². The Morgan fingerprint density at radius 1 is 1.19 bits per heavy atom. The lowest BCUT2D eigenvalue weighted by Crippen LogP contribution is -2.38. The second kappa shape index (κ2) is 8.85. The Labute approximate surface area is 160 Å². The molecular weight excluding hydrogens is 338 g/mol. The van der Waals surface area contributed by atoms with Gasteiger partial charge in [0.1, 0.15) is 0 Å². The number of likely N-dealkylation sites (tertiary alicyclic amines) is 1. The van der Waals surface area contributed by atoms with Crippen molar-refractivity contribution >= 4 is 5.97 Å². The molecule has 0 saturated carbocycles. The Morgan fingerprint density at radius 2 is 1.85 bits per heavy atom. The zero-order valence-corrected chi connectivity index (χ0v) is 15.4. The van der Waals surface area contributed by atoms with Crippen molar-refractivity contribution in [2.75, 3.05) is 19.7 Å². The summed E-state index contributed by atoms with van der Waals surface area (Å²) in [4.78, 5) is 15.0. The van der Waals surface area contributed by atoms with Crippen LogP contribution in [0.5, 0.6) is 0 Å². The molecule has 0 aliphatic carbocycles. The van der Waals surface area contributed by atoms with Crippen LogP contribution in [0, 0.1) is 18.3 Å². The molecule has 2 aromatic rings.